The number of hydrogen-bond donors (Lipinski definition) is 2. The number of amides is 1. The fraction of sp³-hybridized carbons (Fsp3) is 0.300. The largest absolute Gasteiger partial charge is 0.497 e. The first-order chi connectivity index (χ1) is 12.7. The summed E-state index contributed by atoms with van der Waals surface area (Å²) in [5, 5.41) is 10.7. The van der Waals surface area contributed by atoms with Crippen molar-refractivity contribution >= 4 is 16.8 Å². The van der Waals surface area contributed by atoms with Crippen molar-refractivity contribution in [3.05, 3.63) is 60.0 Å². The highest BCUT2D eigenvalue weighted by Crippen LogP contribution is 2.32. The molecule has 134 valence electrons. The minimum Gasteiger partial charge on any atom is -0.497 e. The summed E-state index contributed by atoms with van der Waals surface area (Å²) in [4.78, 5) is 22.4. The Morgan fingerprint density at radius 2 is 2.19 bits per heavy atom. The number of methoxy groups -OCH3 is 1. The number of nitrogens with one attached hydrogen (secondary N) is 1. The van der Waals surface area contributed by atoms with Crippen LogP contribution in [0.4, 0.5) is 0 Å². The Kier molecular flexibility index (Phi) is 4.34. The van der Waals surface area contributed by atoms with Gasteiger partial charge in [0.1, 0.15) is 11.4 Å². The second kappa shape index (κ2) is 6.80. The molecule has 4 rings (SSSR count). The third-order valence-corrected chi connectivity index (χ3v) is 5.09. The van der Waals surface area contributed by atoms with Gasteiger partial charge < -0.3 is 19.7 Å². The number of hydrogen-bond acceptors (Lipinski definition) is 4. The minimum atomic E-state index is -0.0583. The van der Waals surface area contributed by atoms with Gasteiger partial charge in [-0.2, -0.15) is 0 Å². The van der Waals surface area contributed by atoms with E-state index in [0.717, 1.165) is 22.3 Å². The number of benzene rings is 1. The van der Waals surface area contributed by atoms with E-state index in [9.17, 15) is 9.90 Å². The van der Waals surface area contributed by atoms with E-state index in [-0.39, 0.29) is 24.3 Å². The van der Waals surface area contributed by atoms with Crippen molar-refractivity contribution in [2.45, 2.75) is 5.92 Å². The number of nitrogens with zero attached hydrogens (tertiary/aromatic N) is 2. The Bertz CT molecular complexity index is 922. The summed E-state index contributed by atoms with van der Waals surface area (Å²) in [5.41, 5.74) is 2.33. The van der Waals surface area contributed by atoms with Gasteiger partial charge in [-0.15, -0.1) is 0 Å². The number of aliphatic hydroxyl groups is 1. The fourth-order valence-corrected chi connectivity index (χ4v) is 3.67. The molecule has 2 atom stereocenters. The molecule has 0 saturated carbocycles. The van der Waals surface area contributed by atoms with E-state index in [1.54, 1.807) is 18.2 Å². The van der Waals surface area contributed by atoms with Gasteiger partial charge in [-0.3, -0.25) is 9.78 Å². The lowest BCUT2D eigenvalue weighted by Gasteiger charge is -2.15. The van der Waals surface area contributed by atoms with Gasteiger partial charge in [0.25, 0.3) is 5.91 Å². The minimum absolute atomic E-state index is 0.00155. The summed E-state index contributed by atoms with van der Waals surface area (Å²) in [6, 6.07) is 13.3. The molecular weight excluding hydrogens is 330 g/mol. The number of aliphatic hydroxyl groups excluding tert-OH is 1. The number of fused-ring (bicyclic) bond motifs is 1. The van der Waals surface area contributed by atoms with E-state index < -0.39 is 0 Å². The van der Waals surface area contributed by atoms with Crippen LogP contribution in [-0.2, 0) is 0 Å². The number of likely N-dealkylation sites (tertiary alicyclic amines) is 1. The number of aromatic nitrogens is 2. The van der Waals surface area contributed by atoms with Crippen molar-refractivity contribution in [3.8, 4) is 5.75 Å². The zero-order valence-corrected chi connectivity index (χ0v) is 14.6. The lowest BCUT2D eigenvalue weighted by atomic mass is 9.93. The number of rotatable bonds is 4. The Morgan fingerprint density at radius 1 is 1.31 bits per heavy atom. The summed E-state index contributed by atoms with van der Waals surface area (Å²) in [6.07, 6.45) is 1.75. The molecule has 26 heavy (non-hydrogen) atoms. The molecular formula is C20H21N3O3. The molecule has 1 aromatic carbocycles. The van der Waals surface area contributed by atoms with E-state index in [1.165, 1.54) is 0 Å². The molecule has 2 aromatic heterocycles. The number of ether oxygens (including phenoxy) is 1. The number of aromatic amines is 1. The van der Waals surface area contributed by atoms with Crippen LogP contribution >= 0.6 is 0 Å². The predicted molar refractivity (Wildman–Crippen MR) is 98.3 cm³/mol. The Morgan fingerprint density at radius 3 is 2.92 bits per heavy atom. The lowest BCUT2D eigenvalue weighted by Crippen LogP contribution is -2.29. The van der Waals surface area contributed by atoms with E-state index in [2.05, 4.69) is 9.97 Å². The Labute approximate surface area is 151 Å². The van der Waals surface area contributed by atoms with Gasteiger partial charge in [-0.1, -0.05) is 6.07 Å². The highest BCUT2D eigenvalue weighted by atomic mass is 16.5. The van der Waals surface area contributed by atoms with Crippen molar-refractivity contribution in [2.24, 2.45) is 5.92 Å². The van der Waals surface area contributed by atoms with E-state index in [1.807, 2.05) is 42.5 Å². The molecule has 1 saturated heterocycles. The maximum absolute atomic E-state index is 13.0. The van der Waals surface area contributed by atoms with Crippen LogP contribution in [0.5, 0.6) is 5.75 Å². The molecule has 0 spiro atoms. The maximum Gasteiger partial charge on any atom is 0.270 e. The Balaban J connectivity index is 1.58. The molecule has 0 bridgehead atoms. The van der Waals surface area contributed by atoms with Crippen molar-refractivity contribution in [2.75, 3.05) is 26.8 Å². The van der Waals surface area contributed by atoms with Gasteiger partial charge >= 0.3 is 0 Å². The molecule has 0 radical (unpaired) electrons. The highest BCUT2D eigenvalue weighted by molar-refractivity contribution is 5.98. The van der Waals surface area contributed by atoms with E-state index >= 15 is 0 Å². The molecule has 0 aliphatic carbocycles. The molecule has 3 heterocycles. The van der Waals surface area contributed by atoms with Crippen LogP contribution < -0.4 is 4.74 Å². The monoisotopic (exact) mass is 351 g/mol. The predicted octanol–water partition coefficient (Wildman–Crippen LogP) is 2.42. The van der Waals surface area contributed by atoms with E-state index in [4.69, 9.17) is 4.74 Å². The Hall–Kier alpha value is -2.86. The van der Waals surface area contributed by atoms with Gasteiger partial charge in [-0.05, 0) is 30.3 Å². The van der Waals surface area contributed by atoms with E-state index in [0.29, 0.717) is 18.8 Å². The SMILES string of the molecule is COc1ccc2cc(C(=O)N3C[C@@H](CO)[C@H](c4ccccn4)C3)[nH]c2c1. The average Bonchev–Trinajstić information content (AvgIpc) is 3.31. The maximum atomic E-state index is 13.0. The summed E-state index contributed by atoms with van der Waals surface area (Å²) < 4.78 is 5.23. The molecule has 6 nitrogen and oxygen atoms in total. The smallest absolute Gasteiger partial charge is 0.270 e. The zero-order valence-electron chi connectivity index (χ0n) is 14.6. The second-order valence-electron chi connectivity index (χ2n) is 6.65. The van der Waals surface area contributed by atoms with Gasteiger partial charge in [0.15, 0.2) is 0 Å². The van der Waals surface area contributed by atoms with Crippen LogP contribution in [0.15, 0.2) is 48.7 Å². The molecule has 6 heteroatoms. The topological polar surface area (TPSA) is 78.4 Å². The first-order valence-electron chi connectivity index (χ1n) is 8.67. The van der Waals surface area contributed by atoms with Crippen molar-refractivity contribution in [3.63, 3.8) is 0 Å². The van der Waals surface area contributed by atoms with Gasteiger partial charge in [0.05, 0.1) is 7.11 Å². The van der Waals surface area contributed by atoms with Crippen molar-refractivity contribution in [1.82, 2.24) is 14.9 Å². The molecule has 1 amide bonds. The third-order valence-electron chi connectivity index (χ3n) is 5.09. The first kappa shape index (κ1) is 16.6. The van der Waals surface area contributed by atoms with Crippen LogP contribution in [0.3, 0.4) is 0 Å². The van der Waals surface area contributed by atoms with Gasteiger partial charge in [0, 0.05) is 60.4 Å². The number of pyridine rings is 1. The summed E-state index contributed by atoms with van der Waals surface area (Å²) >= 11 is 0. The van der Waals surface area contributed by atoms with Crippen LogP contribution in [0, 0.1) is 5.92 Å². The zero-order chi connectivity index (χ0) is 18.1. The summed E-state index contributed by atoms with van der Waals surface area (Å²) in [6.45, 7) is 1.12. The van der Waals surface area contributed by atoms with Gasteiger partial charge in [0.2, 0.25) is 0 Å². The van der Waals surface area contributed by atoms with Crippen LogP contribution in [0.25, 0.3) is 10.9 Å². The summed E-state index contributed by atoms with van der Waals surface area (Å²) in [5.74, 6) is 0.736. The fourth-order valence-electron chi connectivity index (χ4n) is 3.67. The highest BCUT2D eigenvalue weighted by Gasteiger charge is 2.37. The molecule has 1 fully saturated rings. The van der Waals surface area contributed by atoms with Crippen LogP contribution in [0.1, 0.15) is 22.1 Å². The quantitative estimate of drug-likeness (QED) is 0.757. The van der Waals surface area contributed by atoms with Gasteiger partial charge in [-0.25, -0.2) is 0 Å². The second-order valence-corrected chi connectivity index (χ2v) is 6.65. The number of carbonyl (C=O) groups is 1. The van der Waals surface area contributed by atoms with Crippen molar-refractivity contribution in [1.29, 1.82) is 0 Å². The summed E-state index contributed by atoms with van der Waals surface area (Å²) in [7, 11) is 1.62. The standard InChI is InChI=1S/C20H21N3O3/c1-26-15-6-5-13-8-19(22-18(13)9-15)20(25)23-10-14(12-24)16(11-23)17-4-2-3-7-21-17/h2-9,14,16,22,24H,10-12H2,1H3/t14-,16+/m0/s1. The number of H-pyrrole nitrogens is 1. The molecule has 0 unspecified atom stereocenters. The normalized spacial score (nSPS) is 19.8. The van der Waals surface area contributed by atoms with Crippen molar-refractivity contribution < 1.29 is 14.6 Å². The van der Waals surface area contributed by atoms with Crippen LogP contribution in [-0.4, -0.2) is 52.7 Å². The molecule has 3 aromatic rings. The first-order valence-corrected chi connectivity index (χ1v) is 8.67. The van der Waals surface area contributed by atoms with Crippen LogP contribution in [0.2, 0.25) is 0 Å². The lowest BCUT2D eigenvalue weighted by molar-refractivity contribution is 0.0776. The molecule has 2 N–H and O–H groups in total. The molecule has 1 aliphatic rings. The average molecular weight is 351 g/mol. The molecule has 1 aliphatic heterocycles. The number of carbonyl (C=O) groups excluding carboxylic acids is 1. The third kappa shape index (κ3) is 2.93.